The summed E-state index contributed by atoms with van der Waals surface area (Å²) in [5.41, 5.74) is 1.81. The molecule has 0 amide bonds. The highest BCUT2D eigenvalue weighted by Crippen LogP contribution is 2.31. The highest BCUT2D eigenvalue weighted by Gasteiger charge is 2.37. The number of anilines is 1. The van der Waals surface area contributed by atoms with Gasteiger partial charge in [0.15, 0.2) is 0 Å². The molecular formula is C20H25N3O3. The van der Waals surface area contributed by atoms with Gasteiger partial charge in [0.1, 0.15) is 5.69 Å². The van der Waals surface area contributed by atoms with E-state index in [2.05, 4.69) is 17.0 Å². The molecule has 26 heavy (non-hydrogen) atoms. The standard InChI is InChI=1S/C20H25N3O3/c1-16-8-9-18(19(12-16)23(25)26)21(2)14-20(24)10-11-22(15-20)13-17-6-4-3-5-7-17/h3-9,12,24H,10-11,13-15H2,1-2H3. The van der Waals surface area contributed by atoms with Gasteiger partial charge in [-0.15, -0.1) is 0 Å². The summed E-state index contributed by atoms with van der Waals surface area (Å²) in [4.78, 5) is 15.0. The molecule has 0 radical (unpaired) electrons. The van der Waals surface area contributed by atoms with Crippen LogP contribution in [-0.2, 0) is 6.54 Å². The molecule has 1 heterocycles. The van der Waals surface area contributed by atoms with Gasteiger partial charge in [0.2, 0.25) is 0 Å². The molecule has 1 N–H and O–H groups in total. The molecule has 6 nitrogen and oxygen atoms in total. The van der Waals surface area contributed by atoms with Gasteiger partial charge < -0.3 is 10.0 Å². The lowest BCUT2D eigenvalue weighted by Crippen LogP contribution is -2.44. The Hall–Kier alpha value is -2.44. The van der Waals surface area contributed by atoms with Crippen molar-refractivity contribution in [2.75, 3.05) is 31.6 Å². The number of aliphatic hydroxyl groups is 1. The van der Waals surface area contributed by atoms with Crippen molar-refractivity contribution in [2.24, 2.45) is 0 Å². The van der Waals surface area contributed by atoms with E-state index in [1.165, 1.54) is 5.56 Å². The molecule has 2 aromatic rings. The Morgan fingerprint density at radius 1 is 1.27 bits per heavy atom. The van der Waals surface area contributed by atoms with Crippen LogP contribution in [0.5, 0.6) is 0 Å². The fourth-order valence-corrected chi connectivity index (χ4v) is 3.68. The number of nitro groups is 1. The molecule has 0 aliphatic carbocycles. The quantitative estimate of drug-likeness (QED) is 0.637. The second-order valence-electron chi connectivity index (χ2n) is 7.28. The van der Waals surface area contributed by atoms with E-state index in [1.54, 1.807) is 24.1 Å². The number of likely N-dealkylation sites (tertiary alicyclic amines) is 1. The van der Waals surface area contributed by atoms with Crippen molar-refractivity contribution in [2.45, 2.75) is 25.5 Å². The summed E-state index contributed by atoms with van der Waals surface area (Å²) < 4.78 is 0. The first-order valence-corrected chi connectivity index (χ1v) is 8.81. The van der Waals surface area contributed by atoms with Crippen LogP contribution in [0.25, 0.3) is 0 Å². The lowest BCUT2D eigenvalue weighted by molar-refractivity contribution is -0.384. The number of rotatable bonds is 6. The average molecular weight is 355 g/mol. The molecule has 0 aromatic heterocycles. The molecule has 1 unspecified atom stereocenters. The summed E-state index contributed by atoms with van der Waals surface area (Å²) >= 11 is 0. The third kappa shape index (κ3) is 4.20. The van der Waals surface area contributed by atoms with Gasteiger partial charge >= 0.3 is 0 Å². The minimum absolute atomic E-state index is 0.0789. The largest absolute Gasteiger partial charge is 0.387 e. The lowest BCUT2D eigenvalue weighted by atomic mass is 10.0. The zero-order valence-corrected chi connectivity index (χ0v) is 15.3. The predicted molar refractivity (Wildman–Crippen MR) is 102 cm³/mol. The van der Waals surface area contributed by atoms with Crippen LogP contribution < -0.4 is 4.90 Å². The summed E-state index contributed by atoms with van der Waals surface area (Å²) in [6, 6.07) is 15.4. The molecule has 138 valence electrons. The Bertz CT molecular complexity index is 781. The van der Waals surface area contributed by atoms with Crippen LogP contribution >= 0.6 is 0 Å². The van der Waals surface area contributed by atoms with E-state index in [9.17, 15) is 15.2 Å². The smallest absolute Gasteiger partial charge is 0.292 e. The minimum atomic E-state index is -0.873. The van der Waals surface area contributed by atoms with Crippen molar-refractivity contribution in [3.05, 3.63) is 69.8 Å². The van der Waals surface area contributed by atoms with Crippen molar-refractivity contribution in [1.82, 2.24) is 4.90 Å². The molecule has 0 spiro atoms. The number of nitrogens with zero attached hydrogens (tertiary/aromatic N) is 3. The number of likely N-dealkylation sites (N-methyl/N-ethyl adjacent to an activating group) is 1. The Morgan fingerprint density at radius 3 is 2.69 bits per heavy atom. The van der Waals surface area contributed by atoms with Crippen LogP contribution in [0.3, 0.4) is 0 Å². The molecule has 0 bridgehead atoms. The van der Waals surface area contributed by atoms with E-state index in [0.717, 1.165) is 18.7 Å². The first-order valence-electron chi connectivity index (χ1n) is 8.81. The van der Waals surface area contributed by atoms with E-state index in [4.69, 9.17) is 0 Å². The van der Waals surface area contributed by atoms with Gasteiger partial charge in [-0.3, -0.25) is 15.0 Å². The summed E-state index contributed by atoms with van der Waals surface area (Å²) in [5.74, 6) is 0. The van der Waals surface area contributed by atoms with E-state index in [0.29, 0.717) is 25.2 Å². The van der Waals surface area contributed by atoms with Crippen LogP contribution in [0.4, 0.5) is 11.4 Å². The van der Waals surface area contributed by atoms with Crippen molar-refractivity contribution in [3.63, 3.8) is 0 Å². The highest BCUT2D eigenvalue weighted by molar-refractivity contribution is 5.64. The Balaban J connectivity index is 1.68. The second-order valence-corrected chi connectivity index (χ2v) is 7.28. The predicted octanol–water partition coefficient (Wildman–Crippen LogP) is 2.98. The maximum Gasteiger partial charge on any atom is 0.292 e. The van der Waals surface area contributed by atoms with E-state index in [1.807, 2.05) is 31.2 Å². The molecule has 1 aliphatic rings. The first kappa shape index (κ1) is 18.4. The summed E-state index contributed by atoms with van der Waals surface area (Å²) in [6.45, 7) is 4.38. The molecular weight excluding hydrogens is 330 g/mol. The Morgan fingerprint density at radius 2 is 2.00 bits per heavy atom. The normalized spacial score (nSPS) is 20.3. The maximum absolute atomic E-state index is 11.4. The molecule has 0 saturated carbocycles. The number of nitro benzene ring substituents is 1. The highest BCUT2D eigenvalue weighted by atomic mass is 16.6. The van der Waals surface area contributed by atoms with Gasteiger partial charge in [0.25, 0.3) is 5.69 Å². The molecule has 1 saturated heterocycles. The number of β-amino-alcohol motifs (C(OH)–C–C–N with tert-alkyl or cyclic N) is 1. The van der Waals surface area contributed by atoms with Crippen molar-refractivity contribution < 1.29 is 10.0 Å². The SMILES string of the molecule is Cc1ccc(N(C)CC2(O)CCN(Cc3ccccc3)C2)c([N+](=O)[O-])c1. The van der Waals surface area contributed by atoms with Gasteiger partial charge in [-0.2, -0.15) is 0 Å². The lowest BCUT2D eigenvalue weighted by Gasteiger charge is -2.30. The van der Waals surface area contributed by atoms with Gasteiger partial charge in [-0.1, -0.05) is 36.4 Å². The topological polar surface area (TPSA) is 69.8 Å². The fraction of sp³-hybridized carbons (Fsp3) is 0.400. The van der Waals surface area contributed by atoms with E-state index < -0.39 is 5.60 Å². The Labute approximate surface area is 153 Å². The summed E-state index contributed by atoms with van der Waals surface area (Å²) in [5, 5.41) is 22.4. The summed E-state index contributed by atoms with van der Waals surface area (Å²) in [6.07, 6.45) is 0.657. The van der Waals surface area contributed by atoms with E-state index in [-0.39, 0.29) is 10.6 Å². The molecule has 1 aliphatic heterocycles. The molecule has 1 fully saturated rings. The average Bonchev–Trinajstić information content (AvgIpc) is 2.95. The number of benzene rings is 2. The zero-order valence-electron chi connectivity index (χ0n) is 15.3. The third-order valence-electron chi connectivity index (χ3n) is 4.93. The zero-order chi connectivity index (χ0) is 18.7. The van der Waals surface area contributed by atoms with Crippen LogP contribution in [-0.4, -0.2) is 47.2 Å². The monoisotopic (exact) mass is 355 g/mol. The fourth-order valence-electron chi connectivity index (χ4n) is 3.68. The van der Waals surface area contributed by atoms with Crippen molar-refractivity contribution >= 4 is 11.4 Å². The van der Waals surface area contributed by atoms with Crippen LogP contribution in [0.2, 0.25) is 0 Å². The summed E-state index contributed by atoms with van der Waals surface area (Å²) in [7, 11) is 1.80. The minimum Gasteiger partial charge on any atom is -0.387 e. The molecule has 2 aromatic carbocycles. The second kappa shape index (κ2) is 7.43. The third-order valence-corrected chi connectivity index (χ3v) is 4.93. The maximum atomic E-state index is 11.4. The van der Waals surface area contributed by atoms with Gasteiger partial charge in [-0.05, 0) is 30.5 Å². The van der Waals surface area contributed by atoms with Gasteiger partial charge in [0, 0.05) is 39.3 Å². The molecule has 3 rings (SSSR count). The van der Waals surface area contributed by atoms with E-state index >= 15 is 0 Å². The number of hydrogen-bond donors (Lipinski definition) is 1. The first-order chi connectivity index (χ1) is 12.4. The van der Waals surface area contributed by atoms with Crippen LogP contribution in [0.15, 0.2) is 48.5 Å². The van der Waals surface area contributed by atoms with Crippen molar-refractivity contribution in [1.29, 1.82) is 0 Å². The number of hydrogen-bond acceptors (Lipinski definition) is 5. The Kier molecular flexibility index (Phi) is 5.25. The van der Waals surface area contributed by atoms with Gasteiger partial charge in [-0.25, -0.2) is 0 Å². The van der Waals surface area contributed by atoms with Gasteiger partial charge in [0.05, 0.1) is 10.5 Å². The van der Waals surface area contributed by atoms with Crippen LogP contribution in [0, 0.1) is 17.0 Å². The molecule has 1 atom stereocenters. The number of aryl methyl sites for hydroxylation is 1. The molecule has 6 heteroatoms. The van der Waals surface area contributed by atoms with Crippen LogP contribution in [0.1, 0.15) is 17.5 Å². The van der Waals surface area contributed by atoms with Crippen molar-refractivity contribution in [3.8, 4) is 0 Å².